The van der Waals surface area contributed by atoms with Crippen molar-refractivity contribution >= 4 is 15.9 Å². The summed E-state index contributed by atoms with van der Waals surface area (Å²) in [5.41, 5.74) is 2.44. The van der Waals surface area contributed by atoms with E-state index in [0.717, 1.165) is 22.3 Å². The van der Waals surface area contributed by atoms with E-state index in [1.165, 1.54) is 5.56 Å². The predicted molar refractivity (Wildman–Crippen MR) is 84.7 cm³/mol. The van der Waals surface area contributed by atoms with Crippen molar-refractivity contribution in [2.45, 2.75) is 33.0 Å². The minimum absolute atomic E-state index is 0.502. The van der Waals surface area contributed by atoms with Gasteiger partial charge in [-0.05, 0) is 33.1 Å². The first-order chi connectivity index (χ1) is 9.63. The largest absolute Gasteiger partial charge is 0.487 e. The first-order valence-corrected chi connectivity index (χ1v) is 7.47. The van der Waals surface area contributed by atoms with Crippen LogP contribution < -0.4 is 10.1 Å². The summed E-state index contributed by atoms with van der Waals surface area (Å²) in [6.45, 7) is 5.74. The molecular weight excluding hydrogens is 316 g/mol. The van der Waals surface area contributed by atoms with Crippen LogP contribution in [0.25, 0.3) is 0 Å². The second-order valence-corrected chi connectivity index (χ2v) is 5.90. The lowest BCUT2D eigenvalue weighted by atomic mass is 10.1. The Balaban J connectivity index is 1.87. The Morgan fingerprint density at radius 2 is 1.85 bits per heavy atom. The molecule has 0 aliphatic heterocycles. The van der Waals surface area contributed by atoms with Crippen molar-refractivity contribution in [1.29, 1.82) is 0 Å². The minimum Gasteiger partial charge on any atom is -0.487 e. The Hall–Kier alpha value is -1.39. The van der Waals surface area contributed by atoms with Crippen LogP contribution in [0.1, 0.15) is 25.0 Å². The first kappa shape index (κ1) is 15.0. The van der Waals surface area contributed by atoms with E-state index in [4.69, 9.17) is 4.74 Å². The number of ether oxygens (including phenoxy) is 1. The van der Waals surface area contributed by atoms with Gasteiger partial charge in [0.1, 0.15) is 12.4 Å². The average Bonchev–Trinajstić information content (AvgIpc) is 2.44. The van der Waals surface area contributed by atoms with Crippen molar-refractivity contribution < 1.29 is 4.74 Å². The first-order valence-electron chi connectivity index (χ1n) is 6.68. The molecule has 0 aliphatic rings. The molecule has 2 aromatic rings. The highest BCUT2D eigenvalue weighted by Crippen LogP contribution is 2.17. The highest BCUT2D eigenvalue weighted by molar-refractivity contribution is 9.10. The number of pyridine rings is 1. The monoisotopic (exact) mass is 334 g/mol. The van der Waals surface area contributed by atoms with E-state index >= 15 is 0 Å². The molecule has 0 atom stereocenters. The third-order valence-corrected chi connectivity index (χ3v) is 3.26. The standard InChI is InChI=1S/C16H19BrN2O/c1-12(2)19-8-13-3-5-14(6-4-13)11-20-16-7-15(17)9-18-10-16/h3-7,9-10,12,19H,8,11H2,1-2H3. The maximum atomic E-state index is 5.70. The third kappa shape index (κ3) is 4.94. The molecule has 1 heterocycles. The SMILES string of the molecule is CC(C)NCc1ccc(COc2cncc(Br)c2)cc1. The number of benzene rings is 1. The zero-order valence-electron chi connectivity index (χ0n) is 11.8. The van der Waals surface area contributed by atoms with Gasteiger partial charge >= 0.3 is 0 Å². The summed E-state index contributed by atoms with van der Waals surface area (Å²) in [5, 5.41) is 3.40. The highest BCUT2D eigenvalue weighted by atomic mass is 79.9. The van der Waals surface area contributed by atoms with Crippen molar-refractivity contribution in [3.63, 3.8) is 0 Å². The number of hydrogen-bond donors (Lipinski definition) is 1. The predicted octanol–water partition coefficient (Wildman–Crippen LogP) is 3.92. The molecule has 2 rings (SSSR count). The molecule has 0 aliphatic carbocycles. The Labute approximate surface area is 128 Å². The van der Waals surface area contributed by atoms with Crippen LogP contribution in [0.15, 0.2) is 47.2 Å². The summed E-state index contributed by atoms with van der Waals surface area (Å²) in [4.78, 5) is 4.07. The summed E-state index contributed by atoms with van der Waals surface area (Å²) in [5.74, 6) is 0.768. The number of aromatic nitrogens is 1. The second kappa shape index (κ2) is 7.41. The lowest BCUT2D eigenvalue weighted by Crippen LogP contribution is -2.21. The maximum Gasteiger partial charge on any atom is 0.139 e. The van der Waals surface area contributed by atoms with Crippen molar-refractivity contribution in [2.75, 3.05) is 0 Å². The molecule has 0 unspecified atom stereocenters. The van der Waals surface area contributed by atoms with Crippen LogP contribution in [0.2, 0.25) is 0 Å². The van der Waals surface area contributed by atoms with Gasteiger partial charge in [0.15, 0.2) is 0 Å². The smallest absolute Gasteiger partial charge is 0.139 e. The maximum absolute atomic E-state index is 5.70. The van der Waals surface area contributed by atoms with E-state index in [1.54, 1.807) is 12.4 Å². The highest BCUT2D eigenvalue weighted by Gasteiger charge is 1.99. The van der Waals surface area contributed by atoms with E-state index in [0.29, 0.717) is 12.6 Å². The Morgan fingerprint density at radius 1 is 1.15 bits per heavy atom. The lowest BCUT2D eigenvalue weighted by Gasteiger charge is -2.09. The molecule has 0 saturated heterocycles. The average molecular weight is 335 g/mol. The van der Waals surface area contributed by atoms with E-state index in [1.807, 2.05) is 6.07 Å². The summed E-state index contributed by atoms with van der Waals surface area (Å²) >= 11 is 3.38. The minimum atomic E-state index is 0.502. The van der Waals surface area contributed by atoms with Gasteiger partial charge < -0.3 is 10.1 Å². The molecular formula is C16H19BrN2O. The van der Waals surface area contributed by atoms with Gasteiger partial charge in [0.25, 0.3) is 0 Å². The van der Waals surface area contributed by atoms with Crippen molar-refractivity contribution in [3.8, 4) is 5.75 Å². The second-order valence-electron chi connectivity index (χ2n) is 4.98. The molecule has 4 heteroatoms. The van der Waals surface area contributed by atoms with Gasteiger partial charge in [0.05, 0.1) is 6.20 Å². The molecule has 0 radical (unpaired) electrons. The summed E-state index contributed by atoms with van der Waals surface area (Å²) in [7, 11) is 0. The molecule has 3 nitrogen and oxygen atoms in total. The van der Waals surface area contributed by atoms with Crippen LogP contribution in [0.4, 0.5) is 0 Å². The van der Waals surface area contributed by atoms with Gasteiger partial charge in [0.2, 0.25) is 0 Å². The Kier molecular flexibility index (Phi) is 5.56. The fraction of sp³-hybridized carbons (Fsp3) is 0.312. The molecule has 0 amide bonds. The molecule has 106 valence electrons. The van der Waals surface area contributed by atoms with E-state index < -0.39 is 0 Å². The van der Waals surface area contributed by atoms with Crippen molar-refractivity contribution in [1.82, 2.24) is 10.3 Å². The molecule has 1 aromatic heterocycles. The van der Waals surface area contributed by atoms with Crippen LogP contribution in [0.5, 0.6) is 5.75 Å². The number of halogens is 1. The summed E-state index contributed by atoms with van der Waals surface area (Å²) < 4.78 is 6.62. The van der Waals surface area contributed by atoms with Crippen LogP contribution in [-0.2, 0) is 13.2 Å². The zero-order chi connectivity index (χ0) is 14.4. The van der Waals surface area contributed by atoms with Crippen molar-refractivity contribution in [2.24, 2.45) is 0 Å². The molecule has 1 aromatic carbocycles. The lowest BCUT2D eigenvalue weighted by molar-refractivity contribution is 0.304. The van der Waals surface area contributed by atoms with E-state index in [-0.39, 0.29) is 0 Å². The van der Waals surface area contributed by atoms with Gasteiger partial charge in [0, 0.05) is 23.3 Å². The van der Waals surface area contributed by atoms with Crippen LogP contribution in [0.3, 0.4) is 0 Å². The summed E-state index contributed by atoms with van der Waals surface area (Å²) in [6.07, 6.45) is 3.45. The van der Waals surface area contributed by atoms with E-state index in [9.17, 15) is 0 Å². The Morgan fingerprint density at radius 3 is 2.50 bits per heavy atom. The number of nitrogens with zero attached hydrogens (tertiary/aromatic N) is 1. The molecule has 0 bridgehead atoms. The fourth-order valence-electron chi connectivity index (χ4n) is 1.71. The normalized spacial score (nSPS) is 10.8. The van der Waals surface area contributed by atoms with E-state index in [2.05, 4.69) is 64.3 Å². The summed E-state index contributed by atoms with van der Waals surface area (Å²) in [6, 6.07) is 10.9. The molecule has 0 saturated carbocycles. The van der Waals surface area contributed by atoms with Crippen molar-refractivity contribution in [3.05, 3.63) is 58.3 Å². The van der Waals surface area contributed by atoms with Gasteiger partial charge in [-0.15, -0.1) is 0 Å². The van der Waals surface area contributed by atoms with Crippen LogP contribution in [-0.4, -0.2) is 11.0 Å². The Bertz CT molecular complexity index is 540. The van der Waals surface area contributed by atoms with Crippen LogP contribution in [0, 0.1) is 0 Å². The third-order valence-electron chi connectivity index (χ3n) is 2.82. The fourth-order valence-corrected chi connectivity index (χ4v) is 2.06. The molecule has 0 fully saturated rings. The van der Waals surface area contributed by atoms with Crippen LogP contribution >= 0.6 is 15.9 Å². The quantitative estimate of drug-likeness (QED) is 0.869. The van der Waals surface area contributed by atoms with Gasteiger partial charge in [-0.2, -0.15) is 0 Å². The molecule has 0 spiro atoms. The molecule has 1 N–H and O–H groups in total. The topological polar surface area (TPSA) is 34.1 Å². The van der Waals surface area contributed by atoms with Gasteiger partial charge in [-0.1, -0.05) is 38.1 Å². The van der Waals surface area contributed by atoms with Gasteiger partial charge in [-0.3, -0.25) is 4.98 Å². The molecule has 20 heavy (non-hydrogen) atoms. The number of nitrogens with one attached hydrogen (secondary N) is 1. The zero-order valence-corrected chi connectivity index (χ0v) is 13.4. The van der Waals surface area contributed by atoms with Gasteiger partial charge in [-0.25, -0.2) is 0 Å². The number of rotatable bonds is 6. The number of hydrogen-bond acceptors (Lipinski definition) is 3.